The second-order valence-corrected chi connectivity index (χ2v) is 5.61. The zero-order valence-corrected chi connectivity index (χ0v) is 11.8. The fourth-order valence-electron chi connectivity index (χ4n) is 1.93. The monoisotopic (exact) mass is 331 g/mol. The smallest absolute Gasteiger partial charge is 0.104 e. The Labute approximate surface area is 111 Å². The van der Waals surface area contributed by atoms with Crippen molar-refractivity contribution in [3.63, 3.8) is 0 Å². The van der Waals surface area contributed by atoms with E-state index >= 15 is 0 Å². The Morgan fingerprint density at radius 3 is 2.94 bits per heavy atom. The molecule has 1 fully saturated rings. The van der Waals surface area contributed by atoms with Crippen LogP contribution >= 0.6 is 22.6 Å². The molecule has 0 saturated heterocycles. The van der Waals surface area contributed by atoms with Gasteiger partial charge in [-0.25, -0.2) is 4.98 Å². The number of halogens is 1. The number of rotatable bonds is 5. The molecule has 1 N–H and O–H groups in total. The zero-order valence-electron chi connectivity index (χ0n) is 9.62. The fraction of sp³-hybridized carbons (Fsp3) is 0.615. The number of aliphatic hydroxyl groups is 1. The first kappa shape index (κ1) is 12.3. The first-order valence-corrected chi connectivity index (χ1v) is 7.10. The van der Waals surface area contributed by atoms with Crippen LogP contribution in [0.4, 0.5) is 0 Å². The molecule has 1 unspecified atom stereocenters. The number of nitrogens with zero attached hydrogens (tertiary/aromatic N) is 1. The lowest BCUT2D eigenvalue weighted by Gasteiger charge is -2.10. The van der Waals surface area contributed by atoms with Gasteiger partial charge in [0.1, 0.15) is 3.70 Å². The average Bonchev–Trinajstić information content (AvgIpc) is 3.11. The number of hydrogen-bond acceptors (Lipinski definition) is 2. The Balaban J connectivity index is 1.96. The van der Waals surface area contributed by atoms with Gasteiger partial charge in [0.05, 0.1) is 6.10 Å². The van der Waals surface area contributed by atoms with Crippen molar-refractivity contribution >= 4 is 22.6 Å². The van der Waals surface area contributed by atoms with Gasteiger partial charge in [-0.15, -0.1) is 0 Å². The molecule has 0 radical (unpaired) electrons. The third-order valence-corrected chi connectivity index (χ3v) is 4.22. The molecule has 1 saturated carbocycles. The minimum atomic E-state index is -0.0962. The van der Waals surface area contributed by atoms with E-state index in [2.05, 4.69) is 40.6 Å². The highest BCUT2D eigenvalue weighted by molar-refractivity contribution is 14.1. The Hall–Kier alpha value is -0.160. The van der Waals surface area contributed by atoms with Gasteiger partial charge < -0.3 is 5.11 Å². The van der Waals surface area contributed by atoms with Crippen molar-refractivity contribution in [1.29, 1.82) is 0 Å². The Bertz CT molecular complexity index is 363. The fourth-order valence-corrected chi connectivity index (χ4v) is 2.50. The number of aryl methyl sites for hydroxylation is 2. The van der Waals surface area contributed by atoms with Crippen LogP contribution in [0.1, 0.15) is 37.3 Å². The van der Waals surface area contributed by atoms with Crippen LogP contribution in [-0.4, -0.2) is 16.2 Å². The highest BCUT2D eigenvalue weighted by atomic mass is 127. The van der Waals surface area contributed by atoms with Crippen molar-refractivity contribution in [2.45, 2.75) is 45.1 Å². The van der Waals surface area contributed by atoms with E-state index in [0.717, 1.165) is 23.0 Å². The summed E-state index contributed by atoms with van der Waals surface area (Å²) in [6.45, 7) is 2.15. The van der Waals surface area contributed by atoms with Crippen molar-refractivity contribution in [3.8, 4) is 0 Å². The van der Waals surface area contributed by atoms with Gasteiger partial charge >= 0.3 is 0 Å². The van der Waals surface area contributed by atoms with Crippen LogP contribution in [0.2, 0.25) is 0 Å². The summed E-state index contributed by atoms with van der Waals surface area (Å²) in [4.78, 5) is 4.39. The SMILES string of the molecule is CCc1cnc(I)c(CCC(O)C2CC2)c1. The number of pyridine rings is 1. The molecule has 1 aromatic rings. The Morgan fingerprint density at radius 1 is 1.56 bits per heavy atom. The van der Waals surface area contributed by atoms with E-state index in [9.17, 15) is 5.11 Å². The van der Waals surface area contributed by atoms with Crippen LogP contribution in [0.3, 0.4) is 0 Å². The molecule has 16 heavy (non-hydrogen) atoms. The predicted molar refractivity (Wildman–Crippen MR) is 73.4 cm³/mol. The third kappa shape index (κ3) is 3.17. The summed E-state index contributed by atoms with van der Waals surface area (Å²) >= 11 is 2.28. The lowest BCUT2D eigenvalue weighted by Crippen LogP contribution is -2.11. The molecule has 1 atom stereocenters. The maximum Gasteiger partial charge on any atom is 0.104 e. The van der Waals surface area contributed by atoms with E-state index in [1.54, 1.807) is 0 Å². The molecule has 1 aliphatic carbocycles. The van der Waals surface area contributed by atoms with E-state index in [1.165, 1.54) is 24.0 Å². The lowest BCUT2D eigenvalue weighted by molar-refractivity contribution is 0.142. The van der Waals surface area contributed by atoms with Crippen LogP contribution in [0.5, 0.6) is 0 Å². The standard InChI is InChI=1S/C13H18INO/c1-2-9-7-11(13(14)15-8-9)5-6-12(16)10-3-4-10/h7-8,10,12,16H,2-6H2,1H3. The summed E-state index contributed by atoms with van der Waals surface area (Å²) in [5.41, 5.74) is 2.58. The van der Waals surface area contributed by atoms with Gasteiger partial charge in [0, 0.05) is 6.20 Å². The van der Waals surface area contributed by atoms with E-state index in [0.29, 0.717) is 5.92 Å². The maximum absolute atomic E-state index is 9.84. The molecule has 0 spiro atoms. The molecule has 88 valence electrons. The molecule has 2 nitrogen and oxygen atoms in total. The quantitative estimate of drug-likeness (QED) is 0.665. The van der Waals surface area contributed by atoms with Crippen molar-refractivity contribution in [2.24, 2.45) is 5.92 Å². The van der Waals surface area contributed by atoms with E-state index < -0.39 is 0 Å². The van der Waals surface area contributed by atoms with Crippen LogP contribution in [0, 0.1) is 9.62 Å². The van der Waals surface area contributed by atoms with E-state index in [1.807, 2.05) is 6.20 Å². The molecular weight excluding hydrogens is 313 g/mol. The maximum atomic E-state index is 9.84. The highest BCUT2D eigenvalue weighted by Crippen LogP contribution is 2.34. The summed E-state index contributed by atoms with van der Waals surface area (Å²) in [6.07, 6.45) is 7.15. The number of aliphatic hydroxyl groups excluding tert-OH is 1. The first-order valence-electron chi connectivity index (χ1n) is 6.02. The number of hydrogen-bond donors (Lipinski definition) is 1. The minimum absolute atomic E-state index is 0.0962. The molecule has 3 heteroatoms. The average molecular weight is 331 g/mol. The second kappa shape index (κ2) is 5.45. The largest absolute Gasteiger partial charge is 0.393 e. The second-order valence-electron chi connectivity index (χ2n) is 4.59. The molecule has 0 aromatic carbocycles. The highest BCUT2D eigenvalue weighted by Gasteiger charge is 2.29. The van der Waals surface area contributed by atoms with Crippen LogP contribution in [0.25, 0.3) is 0 Å². The van der Waals surface area contributed by atoms with Gasteiger partial charge in [0.15, 0.2) is 0 Å². The summed E-state index contributed by atoms with van der Waals surface area (Å²) in [5.74, 6) is 0.583. The van der Waals surface area contributed by atoms with Crippen molar-refractivity contribution in [1.82, 2.24) is 4.98 Å². The lowest BCUT2D eigenvalue weighted by atomic mass is 10.0. The zero-order chi connectivity index (χ0) is 11.5. The van der Waals surface area contributed by atoms with Gasteiger partial charge in [0.2, 0.25) is 0 Å². The van der Waals surface area contributed by atoms with Gasteiger partial charge in [-0.1, -0.05) is 13.0 Å². The summed E-state index contributed by atoms with van der Waals surface area (Å²) in [7, 11) is 0. The summed E-state index contributed by atoms with van der Waals surface area (Å²) in [5, 5.41) is 9.84. The molecule has 1 aliphatic rings. The van der Waals surface area contributed by atoms with Crippen LogP contribution in [-0.2, 0) is 12.8 Å². The molecule has 0 amide bonds. The molecule has 1 aromatic heterocycles. The molecule has 2 rings (SSSR count). The van der Waals surface area contributed by atoms with Gasteiger partial charge in [-0.2, -0.15) is 0 Å². The topological polar surface area (TPSA) is 33.1 Å². The summed E-state index contributed by atoms with van der Waals surface area (Å²) in [6, 6.07) is 2.23. The van der Waals surface area contributed by atoms with Crippen molar-refractivity contribution in [2.75, 3.05) is 0 Å². The third-order valence-electron chi connectivity index (χ3n) is 3.25. The summed E-state index contributed by atoms with van der Waals surface area (Å²) < 4.78 is 1.08. The minimum Gasteiger partial charge on any atom is -0.393 e. The first-order chi connectivity index (χ1) is 7.70. The van der Waals surface area contributed by atoms with Crippen LogP contribution in [0.15, 0.2) is 12.3 Å². The van der Waals surface area contributed by atoms with E-state index in [4.69, 9.17) is 0 Å². The molecule has 1 heterocycles. The van der Waals surface area contributed by atoms with E-state index in [-0.39, 0.29) is 6.10 Å². The van der Waals surface area contributed by atoms with Crippen molar-refractivity contribution < 1.29 is 5.11 Å². The Morgan fingerprint density at radius 2 is 2.31 bits per heavy atom. The number of aromatic nitrogens is 1. The molecule has 0 bridgehead atoms. The van der Waals surface area contributed by atoms with Crippen molar-refractivity contribution in [3.05, 3.63) is 27.1 Å². The predicted octanol–water partition coefficient (Wildman–Crippen LogP) is 2.95. The van der Waals surface area contributed by atoms with Gasteiger partial charge in [-0.05, 0) is 71.7 Å². The Kier molecular flexibility index (Phi) is 4.19. The van der Waals surface area contributed by atoms with Gasteiger partial charge in [0.25, 0.3) is 0 Å². The normalized spacial score (nSPS) is 17.4. The molecule has 0 aliphatic heterocycles. The molecular formula is C13H18INO. The van der Waals surface area contributed by atoms with Crippen LogP contribution < -0.4 is 0 Å². The van der Waals surface area contributed by atoms with Gasteiger partial charge in [-0.3, -0.25) is 0 Å².